The number of halogens is 2. The maximum atomic E-state index is 13.4. The molecule has 0 spiro atoms. The van der Waals surface area contributed by atoms with E-state index in [2.05, 4.69) is 26.1 Å². The topological polar surface area (TPSA) is 66.0 Å². The number of nitrogens with one attached hydrogen (secondary N) is 1. The highest BCUT2D eigenvalue weighted by atomic mass is 79.9. The highest BCUT2D eigenvalue weighted by Gasteiger charge is 2.15. The fourth-order valence-corrected chi connectivity index (χ4v) is 1.51. The van der Waals surface area contributed by atoms with Crippen LogP contribution in [0.3, 0.4) is 0 Å². The molecule has 1 heterocycles. The molecule has 0 bridgehead atoms. The second-order valence-electron chi connectivity index (χ2n) is 2.66. The number of nitrogens with zero attached hydrogens (tertiary/aromatic N) is 1. The molecule has 14 heavy (non-hydrogen) atoms. The Kier molecular flexibility index (Phi) is 1.99. The maximum Gasteiger partial charge on any atom is 0.354 e. The number of H-pyrrole nitrogens is 1. The van der Waals surface area contributed by atoms with Gasteiger partial charge < -0.3 is 5.11 Å². The minimum absolute atomic E-state index is 0.0248. The Bertz CT molecular complexity index is 523. The molecule has 0 saturated carbocycles. The molecule has 0 radical (unpaired) electrons. The SMILES string of the molecule is O=C(O)c1[nH]nc2c(F)c(Br)ccc12. The second-order valence-corrected chi connectivity index (χ2v) is 3.52. The highest BCUT2D eigenvalue weighted by Crippen LogP contribution is 2.25. The van der Waals surface area contributed by atoms with Crippen molar-refractivity contribution in [3.05, 3.63) is 28.1 Å². The third-order valence-corrected chi connectivity index (χ3v) is 2.44. The van der Waals surface area contributed by atoms with Crippen molar-refractivity contribution in [3.63, 3.8) is 0 Å². The summed E-state index contributed by atoms with van der Waals surface area (Å²) in [5.74, 6) is -1.72. The Morgan fingerprint density at radius 2 is 2.29 bits per heavy atom. The molecule has 1 aromatic heterocycles. The highest BCUT2D eigenvalue weighted by molar-refractivity contribution is 9.10. The first-order chi connectivity index (χ1) is 6.61. The lowest BCUT2D eigenvalue weighted by molar-refractivity contribution is 0.0692. The van der Waals surface area contributed by atoms with Crippen molar-refractivity contribution in [1.82, 2.24) is 10.2 Å². The lowest BCUT2D eigenvalue weighted by Gasteiger charge is -1.94. The van der Waals surface area contributed by atoms with E-state index in [1.54, 1.807) is 0 Å². The van der Waals surface area contributed by atoms with Crippen molar-refractivity contribution in [2.24, 2.45) is 0 Å². The van der Waals surface area contributed by atoms with Gasteiger partial charge in [-0.3, -0.25) is 5.10 Å². The Balaban J connectivity index is 2.83. The summed E-state index contributed by atoms with van der Waals surface area (Å²) in [7, 11) is 0. The van der Waals surface area contributed by atoms with Gasteiger partial charge in [0.25, 0.3) is 0 Å². The first-order valence-electron chi connectivity index (χ1n) is 3.66. The Morgan fingerprint density at radius 1 is 1.57 bits per heavy atom. The number of carbonyl (C=O) groups is 1. The predicted molar refractivity (Wildman–Crippen MR) is 50.7 cm³/mol. The number of hydrogen-bond donors (Lipinski definition) is 2. The zero-order valence-electron chi connectivity index (χ0n) is 6.71. The zero-order valence-corrected chi connectivity index (χ0v) is 8.30. The molecule has 0 fully saturated rings. The largest absolute Gasteiger partial charge is 0.477 e. The second kappa shape index (κ2) is 3.06. The smallest absolute Gasteiger partial charge is 0.354 e. The molecular formula is C8H4BrFN2O2. The molecule has 0 saturated heterocycles. The van der Waals surface area contributed by atoms with Gasteiger partial charge in [0.05, 0.1) is 4.47 Å². The van der Waals surface area contributed by atoms with Crippen LogP contribution >= 0.6 is 15.9 Å². The number of benzene rings is 1. The van der Waals surface area contributed by atoms with E-state index in [0.717, 1.165) is 0 Å². The van der Waals surface area contributed by atoms with E-state index in [-0.39, 0.29) is 21.1 Å². The van der Waals surface area contributed by atoms with Crippen LogP contribution in [0.2, 0.25) is 0 Å². The van der Waals surface area contributed by atoms with Crippen LogP contribution in [0, 0.1) is 5.82 Å². The molecule has 2 aromatic rings. The monoisotopic (exact) mass is 258 g/mol. The van der Waals surface area contributed by atoms with Crippen LogP contribution in [0.1, 0.15) is 10.5 Å². The number of fused-ring (bicyclic) bond motifs is 1. The maximum absolute atomic E-state index is 13.4. The fourth-order valence-electron chi connectivity index (χ4n) is 1.19. The van der Waals surface area contributed by atoms with Crippen molar-refractivity contribution < 1.29 is 14.3 Å². The molecule has 4 nitrogen and oxygen atoms in total. The van der Waals surface area contributed by atoms with Crippen LogP contribution in [0.15, 0.2) is 16.6 Å². The van der Waals surface area contributed by atoms with E-state index in [1.165, 1.54) is 12.1 Å². The number of hydrogen-bond acceptors (Lipinski definition) is 2. The average Bonchev–Trinajstić information content (AvgIpc) is 2.55. The van der Waals surface area contributed by atoms with E-state index >= 15 is 0 Å². The molecule has 0 aliphatic rings. The summed E-state index contributed by atoms with van der Waals surface area (Å²) < 4.78 is 13.6. The molecule has 6 heteroatoms. The molecular weight excluding hydrogens is 255 g/mol. The Morgan fingerprint density at radius 3 is 2.93 bits per heavy atom. The summed E-state index contributed by atoms with van der Waals surface area (Å²) in [6.45, 7) is 0. The van der Waals surface area contributed by atoms with Crippen LogP contribution < -0.4 is 0 Å². The molecule has 0 aliphatic heterocycles. The van der Waals surface area contributed by atoms with Gasteiger partial charge in [-0.15, -0.1) is 0 Å². The van der Waals surface area contributed by atoms with E-state index in [9.17, 15) is 9.18 Å². The van der Waals surface area contributed by atoms with Crippen LogP contribution in [-0.4, -0.2) is 21.3 Å². The summed E-state index contributed by atoms with van der Waals surface area (Å²) in [5.41, 5.74) is -0.0804. The van der Waals surface area contributed by atoms with Gasteiger partial charge in [-0.1, -0.05) is 0 Å². The van der Waals surface area contributed by atoms with Gasteiger partial charge >= 0.3 is 5.97 Å². The van der Waals surface area contributed by atoms with Gasteiger partial charge in [-0.25, -0.2) is 9.18 Å². The standard InChI is InChI=1S/C8H4BrFN2O2/c9-4-2-1-3-6(5(4)10)11-12-7(3)8(13)14/h1-2H,(H,11,12)(H,13,14). The third-order valence-electron chi connectivity index (χ3n) is 1.83. The van der Waals surface area contributed by atoms with Crippen LogP contribution in [0.25, 0.3) is 10.9 Å². The normalized spacial score (nSPS) is 10.7. The average molecular weight is 259 g/mol. The van der Waals surface area contributed by atoms with Gasteiger partial charge in [0.1, 0.15) is 5.52 Å². The van der Waals surface area contributed by atoms with E-state index in [4.69, 9.17) is 5.11 Å². The number of aromatic nitrogens is 2. The summed E-state index contributed by atoms with van der Waals surface area (Å²) in [6.07, 6.45) is 0. The van der Waals surface area contributed by atoms with Gasteiger partial charge in [-0.2, -0.15) is 5.10 Å². The van der Waals surface area contributed by atoms with Gasteiger partial charge in [0, 0.05) is 5.39 Å². The lowest BCUT2D eigenvalue weighted by atomic mass is 10.2. The number of rotatable bonds is 1. The number of carboxylic acids is 1. The van der Waals surface area contributed by atoms with Crippen molar-refractivity contribution in [2.75, 3.05) is 0 Å². The minimum atomic E-state index is -1.16. The van der Waals surface area contributed by atoms with Gasteiger partial charge in [-0.05, 0) is 28.1 Å². The van der Waals surface area contributed by atoms with E-state index in [1.807, 2.05) is 0 Å². The van der Waals surface area contributed by atoms with E-state index in [0.29, 0.717) is 0 Å². The van der Waals surface area contributed by atoms with E-state index < -0.39 is 11.8 Å². The zero-order chi connectivity index (χ0) is 10.3. The van der Waals surface area contributed by atoms with Crippen molar-refractivity contribution in [3.8, 4) is 0 Å². The molecule has 2 rings (SSSR count). The van der Waals surface area contributed by atoms with Crippen molar-refractivity contribution >= 4 is 32.8 Å². The molecule has 2 N–H and O–H groups in total. The van der Waals surface area contributed by atoms with Gasteiger partial charge in [0.2, 0.25) is 0 Å². The first-order valence-corrected chi connectivity index (χ1v) is 4.46. The predicted octanol–water partition coefficient (Wildman–Crippen LogP) is 2.16. The number of carboxylic acid groups (broad SMARTS) is 1. The third kappa shape index (κ3) is 1.19. The van der Waals surface area contributed by atoms with Crippen LogP contribution in [0.4, 0.5) is 4.39 Å². The molecule has 1 aromatic carbocycles. The first kappa shape index (κ1) is 9.14. The fraction of sp³-hybridized carbons (Fsp3) is 0. The molecule has 0 aliphatic carbocycles. The van der Waals surface area contributed by atoms with Gasteiger partial charge in [0.15, 0.2) is 11.5 Å². The van der Waals surface area contributed by atoms with Crippen molar-refractivity contribution in [2.45, 2.75) is 0 Å². The lowest BCUT2D eigenvalue weighted by Crippen LogP contribution is -1.96. The molecule has 0 amide bonds. The van der Waals surface area contributed by atoms with Crippen LogP contribution in [0.5, 0.6) is 0 Å². The summed E-state index contributed by atoms with van der Waals surface area (Å²) in [6, 6.07) is 2.94. The van der Waals surface area contributed by atoms with Crippen molar-refractivity contribution in [1.29, 1.82) is 0 Å². The molecule has 0 atom stereocenters. The molecule has 72 valence electrons. The molecule has 0 unspecified atom stereocenters. The summed E-state index contributed by atoms with van der Waals surface area (Å²) in [5, 5.41) is 14.8. The summed E-state index contributed by atoms with van der Waals surface area (Å²) >= 11 is 2.99. The Hall–Kier alpha value is -1.43. The summed E-state index contributed by atoms with van der Waals surface area (Å²) in [4.78, 5) is 10.7. The van der Waals surface area contributed by atoms with Crippen LogP contribution in [-0.2, 0) is 0 Å². The number of aromatic carboxylic acids is 1. The number of aromatic amines is 1. The quantitative estimate of drug-likeness (QED) is 0.824. The minimum Gasteiger partial charge on any atom is -0.477 e. The Labute approximate surface area is 85.9 Å².